The first-order chi connectivity index (χ1) is 6.25. The molecule has 1 aromatic carbocycles. The van der Waals surface area contributed by atoms with Gasteiger partial charge in [0.15, 0.2) is 0 Å². The van der Waals surface area contributed by atoms with Crippen molar-refractivity contribution in [3.05, 3.63) is 36.1 Å². The van der Waals surface area contributed by atoms with Crippen molar-refractivity contribution in [2.45, 2.75) is 19.4 Å². The molecule has 2 nitrogen and oxygen atoms in total. The lowest BCUT2D eigenvalue weighted by atomic mass is 10.1. The summed E-state index contributed by atoms with van der Waals surface area (Å²) in [6.45, 7) is 2.01. The number of benzene rings is 1. The number of hydrogen-bond acceptors (Lipinski definition) is 2. The molecule has 0 fully saturated rings. The van der Waals surface area contributed by atoms with E-state index in [1.807, 2.05) is 13.0 Å². The Labute approximate surface area is 77.3 Å². The van der Waals surface area contributed by atoms with E-state index in [4.69, 9.17) is 10.2 Å². The second-order valence-electron chi connectivity index (χ2n) is 3.47. The summed E-state index contributed by atoms with van der Waals surface area (Å²) in [6, 6.07) is 8.38. The zero-order valence-corrected chi connectivity index (χ0v) is 7.66. The molecular weight excluding hydrogens is 162 g/mol. The van der Waals surface area contributed by atoms with Gasteiger partial charge in [-0.05, 0) is 31.0 Å². The minimum atomic E-state index is 0.201. The molecule has 1 aromatic heterocycles. The summed E-state index contributed by atoms with van der Waals surface area (Å²) in [7, 11) is 0. The highest BCUT2D eigenvalue weighted by Crippen LogP contribution is 2.17. The van der Waals surface area contributed by atoms with Crippen molar-refractivity contribution in [2.75, 3.05) is 0 Å². The van der Waals surface area contributed by atoms with Crippen LogP contribution in [0.15, 0.2) is 34.9 Å². The van der Waals surface area contributed by atoms with E-state index in [0.717, 1.165) is 17.4 Å². The molecule has 2 aromatic rings. The third kappa shape index (κ3) is 1.73. The number of hydrogen-bond donors (Lipinski definition) is 1. The molecule has 0 saturated heterocycles. The van der Waals surface area contributed by atoms with Gasteiger partial charge in [0.25, 0.3) is 0 Å². The Kier molecular flexibility index (Phi) is 2.07. The zero-order chi connectivity index (χ0) is 9.26. The van der Waals surface area contributed by atoms with Crippen molar-refractivity contribution in [2.24, 2.45) is 5.73 Å². The second kappa shape index (κ2) is 3.23. The lowest BCUT2D eigenvalue weighted by Crippen LogP contribution is -2.17. The Morgan fingerprint density at radius 3 is 3.00 bits per heavy atom. The van der Waals surface area contributed by atoms with Crippen molar-refractivity contribution in [1.29, 1.82) is 0 Å². The fourth-order valence-electron chi connectivity index (χ4n) is 1.50. The summed E-state index contributed by atoms with van der Waals surface area (Å²) in [6.07, 6.45) is 2.61. The summed E-state index contributed by atoms with van der Waals surface area (Å²) in [5.41, 5.74) is 7.89. The van der Waals surface area contributed by atoms with Crippen molar-refractivity contribution >= 4 is 11.0 Å². The second-order valence-corrected chi connectivity index (χ2v) is 3.47. The predicted molar refractivity (Wildman–Crippen MR) is 53.6 cm³/mol. The van der Waals surface area contributed by atoms with Gasteiger partial charge in [-0.15, -0.1) is 0 Å². The van der Waals surface area contributed by atoms with Gasteiger partial charge in [0.1, 0.15) is 5.58 Å². The van der Waals surface area contributed by atoms with Crippen LogP contribution >= 0.6 is 0 Å². The minimum Gasteiger partial charge on any atom is -0.464 e. The third-order valence-electron chi connectivity index (χ3n) is 2.08. The van der Waals surface area contributed by atoms with E-state index in [1.54, 1.807) is 6.26 Å². The van der Waals surface area contributed by atoms with Gasteiger partial charge in [-0.25, -0.2) is 0 Å². The molecule has 1 atom stereocenters. The van der Waals surface area contributed by atoms with Gasteiger partial charge >= 0.3 is 0 Å². The Balaban J connectivity index is 2.37. The van der Waals surface area contributed by atoms with E-state index in [-0.39, 0.29) is 6.04 Å². The third-order valence-corrected chi connectivity index (χ3v) is 2.08. The Hall–Kier alpha value is -1.28. The van der Waals surface area contributed by atoms with Crippen LogP contribution in [0.2, 0.25) is 0 Å². The monoisotopic (exact) mass is 175 g/mol. The highest BCUT2D eigenvalue weighted by molar-refractivity contribution is 5.77. The van der Waals surface area contributed by atoms with E-state index < -0.39 is 0 Å². The summed E-state index contributed by atoms with van der Waals surface area (Å²) in [4.78, 5) is 0. The van der Waals surface area contributed by atoms with Crippen LogP contribution in [0.4, 0.5) is 0 Å². The van der Waals surface area contributed by atoms with E-state index in [0.29, 0.717) is 0 Å². The van der Waals surface area contributed by atoms with Crippen LogP contribution in [-0.2, 0) is 6.42 Å². The standard InChI is InChI=1S/C11H13NO/c1-8(12)6-9-2-3-10-4-5-13-11(10)7-9/h2-5,7-8H,6,12H2,1H3. The molecule has 0 spiro atoms. The zero-order valence-electron chi connectivity index (χ0n) is 7.66. The summed E-state index contributed by atoms with van der Waals surface area (Å²) in [5.74, 6) is 0. The molecule has 2 rings (SSSR count). The first-order valence-corrected chi connectivity index (χ1v) is 4.47. The molecule has 0 aliphatic heterocycles. The van der Waals surface area contributed by atoms with Crippen LogP contribution in [0.3, 0.4) is 0 Å². The minimum absolute atomic E-state index is 0.201. The Morgan fingerprint density at radius 2 is 2.23 bits per heavy atom. The van der Waals surface area contributed by atoms with Crippen LogP contribution in [-0.4, -0.2) is 6.04 Å². The largest absolute Gasteiger partial charge is 0.464 e. The van der Waals surface area contributed by atoms with Crippen LogP contribution in [0.5, 0.6) is 0 Å². The van der Waals surface area contributed by atoms with E-state index in [9.17, 15) is 0 Å². The van der Waals surface area contributed by atoms with Gasteiger partial charge in [-0.3, -0.25) is 0 Å². The van der Waals surface area contributed by atoms with Crippen molar-refractivity contribution in [1.82, 2.24) is 0 Å². The number of furan rings is 1. The normalized spacial score (nSPS) is 13.4. The molecule has 2 N–H and O–H groups in total. The number of rotatable bonds is 2. The van der Waals surface area contributed by atoms with E-state index in [1.165, 1.54) is 5.56 Å². The van der Waals surface area contributed by atoms with Crippen molar-refractivity contribution in [3.63, 3.8) is 0 Å². The molecule has 68 valence electrons. The summed E-state index contributed by atoms with van der Waals surface area (Å²) < 4.78 is 5.30. The molecule has 2 heteroatoms. The Morgan fingerprint density at radius 1 is 1.38 bits per heavy atom. The van der Waals surface area contributed by atoms with E-state index in [2.05, 4.69) is 18.2 Å². The molecule has 1 heterocycles. The smallest absolute Gasteiger partial charge is 0.134 e. The SMILES string of the molecule is CC(N)Cc1ccc2ccoc2c1. The highest BCUT2D eigenvalue weighted by atomic mass is 16.3. The number of nitrogens with two attached hydrogens (primary N) is 1. The molecule has 0 saturated carbocycles. The number of fused-ring (bicyclic) bond motifs is 1. The maximum atomic E-state index is 5.71. The average Bonchev–Trinajstić information content (AvgIpc) is 2.49. The first-order valence-electron chi connectivity index (χ1n) is 4.47. The molecule has 0 radical (unpaired) electrons. The fourth-order valence-corrected chi connectivity index (χ4v) is 1.50. The maximum Gasteiger partial charge on any atom is 0.134 e. The van der Waals surface area contributed by atoms with Gasteiger partial charge < -0.3 is 10.2 Å². The van der Waals surface area contributed by atoms with Gasteiger partial charge in [0.2, 0.25) is 0 Å². The maximum absolute atomic E-state index is 5.71. The fraction of sp³-hybridized carbons (Fsp3) is 0.273. The molecule has 1 unspecified atom stereocenters. The topological polar surface area (TPSA) is 39.2 Å². The molecule has 13 heavy (non-hydrogen) atoms. The van der Waals surface area contributed by atoms with Crippen molar-refractivity contribution in [3.8, 4) is 0 Å². The molecule has 0 amide bonds. The molecular formula is C11H13NO. The van der Waals surface area contributed by atoms with Gasteiger partial charge in [0, 0.05) is 11.4 Å². The molecule has 0 aliphatic rings. The molecule has 0 bridgehead atoms. The van der Waals surface area contributed by atoms with Crippen LogP contribution in [0.1, 0.15) is 12.5 Å². The van der Waals surface area contributed by atoms with Crippen molar-refractivity contribution < 1.29 is 4.42 Å². The highest BCUT2D eigenvalue weighted by Gasteiger charge is 2.00. The van der Waals surface area contributed by atoms with Crippen LogP contribution in [0, 0.1) is 0 Å². The predicted octanol–water partition coefficient (Wildman–Crippen LogP) is 2.32. The summed E-state index contributed by atoms with van der Waals surface area (Å²) >= 11 is 0. The summed E-state index contributed by atoms with van der Waals surface area (Å²) in [5, 5.41) is 1.15. The van der Waals surface area contributed by atoms with Gasteiger partial charge in [-0.1, -0.05) is 12.1 Å². The van der Waals surface area contributed by atoms with Crippen LogP contribution < -0.4 is 5.73 Å². The lowest BCUT2D eigenvalue weighted by Gasteiger charge is -2.03. The lowest BCUT2D eigenvalue weighted by molar-refractivity contribution is 0.614. The Bertz CT molecular complexity index is 403. The van der Waals surface area contributed by atoms with Gasteiger partial charge in [0.05, 0.1) is 6.26 Å². The van der Waals surface area contributed by atoms with Crippen LogP contribution in [0.25, 0.3) is 11.0 Å². The van der Waals surface area contributed by atoms with E-state index >= 15 is 0 Å². The quantitative estimate of drug-likeness (QED) is 0.760. The molecule has 0 aliphatic carbocycles. The first kappa shape index (κ1) is 8.32. The average molecular weight is 175 g/mol. The van der Waals surface area contributed by atoms with Gasteiger partial charge in [-0.2, -0.15) is 0 Å².